The van der Waals surface area contributed by atoms with Crippen molar-refractivity contribution >= 4 is 11.8 Å². The van der Waals surface area contributed by atoms with Crippen molar-refractivity contribution in [3.05, 3.63) is 90.0 Å². The minimum Gasteiger partial charge on any atom is -0.426 e. The van der Waals surface area contributed by atoms with Crippen LogP contribution in [0.2, 0.25) is 0 Å². The summed E-state index contributed by atoms with van der Waals surface area (Å²) >= 11 is 0. The van der Waals surface area contributed by atoms with Crippen LogP contribution in [0.4, 0.5) is 0 Å². The van der Waals surface area contributed by atoms with E-state index in [4.69, 9.17) is 4.74 Å². The molecule has 0 bridgehead atoms. The lowest BCUT2D eigenvalue weighted by Gasteiger charge is -2.11. The largest absolute Gasteiger partial charge is 0.426 e. The van der Waals surface area contributed by atoms with E-state index in [-0.39, 0.29) is 18.2 Å². The Kier molecular flexibility index (Phi) is 5.05. The van der Waals surface area contributed by atoms with Gasteiger partial charge in [0.15, 0.2) is 5.78 Å². The molecule has 0 amide bonds. The van der Waals surface area contributed by atoms with E-state index < -0.39 is 0 Å². The van der Waals surface area contributed by atoms with Gasteiger partial charge in [-0.1, -0.05) is 72.8 Å². The van der Waals surface area contributed by atoms with E-state index >= 15 is 0 Å². The number of benzene rings is 3. The SMILES string of the molecule is CC(=O)c1ccc(-c2ccccc2OC(=O)Cc2ccccc2)cc1. The van der Waals surface area contributed by atoms with Crippen LogP contribution in [0.15, 0.2) is 78.9 Å². The molecule has 3 aromatic rings. The number of carbonyl (C=O) groups excluding carboxylic acids is 2. The third-order valence-corrected chi connectivity index (χ3v) is 3.90. The number of esters is 1. The molecule has 3 rings (SSSR count). The van der Waals surface area contributed by atoms with Crippen molar-refractivity contribution in [3.8, 4) is 16.9 Å². The van der Waals surface area contributed by atoms with Crippen LogP contribution in [-0.2, 0) is 11.2 Å². The van der Waals surface area contributed by atoms with Crippen molar-refractivity contribution in [3.63, 3.8) is 0 Å². The van der Waals surface area contributed by atoms with Crippen LogP contribution in [0.3, 0.4) is 0 Å². The first-order valence-corrected chi connectivity index (χ1v) is 8.08. The summed E-state index contributed by atoms with van der Waals surface area (Å²) in [6.45, 7) is 1.54. The number of ether oxygens (including phenoxy) is 1. The maximum Gasteiger partial charge on any atom is 0.315 e. The maximum absolute atomic E-state index is 12.2. The third kappa shape index (κ3) is 4.21. The zero-order valence-electron chi connectivity index (χ0n) is 13.9. The van der Waals surface area contributed by atoms with Gasteiger partial charge in [-0.05, 0) is 24.1 Å². The highest BCUT2D eigenvalue weighted by Crippen LogP contribution is 2.30. The van der Waals surface area contributed by atoms with Gasteiger partial charge in [0.1, 0.15) is 5.75 Å². The number of hydrogen-bond acceptors (Lipinski definition) is 3. The first-order valence-electron chi connectivity index (χ1n) is 8.08. The average molecular weight is 330 g/mol. The molecule has 25 heavy (non-hydrogen) atoms. The minimum atomic E-state index is -0.306. The molecule has 0 atom stereocenters. The quantitative estimate of drug-likeness (QED) is 0.387. The van der Waals surface area contributed by atoms with Gasteiger partial charge in [0, 0.05) is 11.1 Å². The monoisotopic (exact) mass is 330 g/mol. The van der Waals surface area contributed by atoms with Crippen LogP contribution < -0.4 is 4.74 Å². The Hall–Kier alpha value is -3.20. The molecule has 0 heterocycles. The normalized spacial score (nSPS) is 10.3. The minimum absolute atomic E-state index is 0.0223. The van der Waals surface area contributed by atoms with E-state index in [1.54, 1.807) is 18.2 Å². The zero-order valence-corrected chi connectivity index (χ0v) is 13.9. The molecule has 0 aliphatic heterocycles. The molecule has 0 unspecified atom stereocenters. The van der Waals surface area contributed by atoms with Gasteiger partial charge in [-0.3, -0.25) is 9.59 Å². The van der Waals surface area contributed by atoms with Crippen LogP contribution in [0.25, 0.3) is 11.1 Å². The van der Waals surface area contributed by atoms with Gasteiger partial charge in [-0.25, -0.2) is 0 Å². The summed E-state index contributed by atoms with van der Waals surface area (Å²) in [6, 6.07) is 24.2. The summed E-state index contributed by atoms with van der Waals surface area (Å²) in [7, 11) is 0. The van der Waals surface area contributed by atoms with Gasteiger partial charge in [-0.2, -0.15) is 0 Å². The molecule has 124 valence electrons. The Morgan fingerprint density at radius 2 is 1.44 bits per heavy atom. The van der Waals surface area contributed by atoms with Crippen molar-refractivity contribution < 1.29 is 14.3 Å². The van der Waals surface area contributed by atoms with Crippen molar-refractivity contribution in [2.45, 2.75) is 13.3 Å². The smallest absolute Gasteiger partial charge is 0.315 e. The Morgan fingerprint density at radius 1 is 0.800 bits per heavy atom. The summed E-state index contributed by atoms with van der Waals surface area (Å²) in [4.78, 5) is 23.7. The van der Waals surface area contributed by atoms with Gasteiger partial charge in [0.2, 0.25) is 0 Å². The second kappa shape index (κ2) is 7.58. The van der Waals surface area contributed by atoms with E-state index in [1.165, 1.54) is 6.92 Å². The lowest BCUT2D eigenvalue weighted by molar-refractivity contribution is -0.133. The molecule has 3 aromatic carbocycles. The molecule has 0 fully saturated rings. The second-order valence-corrected chi connectivity index (χ2v) is 5.77. The summed E-state index contributed by atoms with van der Waals surface area (Å²) in [5.41, 5.74) is 3.28. The van der Waals surface area contributed by atoms with E-state index in [2.05, 4.69) is 0 Å². The fourth-order valence-corrected chi connectivity index (χ4v) is 2.60. The number of rotatable bonds is 5. The summed E-state index contributed by atoms with van der Waals surface area (Å²) < 4.78 is 5.58. The molecule has 0 aliphatic carbocycles. The van der Waals surface area contributed by atoms with Crippen molar-refractivity contribution in [2.24, 2.45) is 0 Å². The fraction of sp³-hybridized carbons (Fsp3) is 0.0909. The van der Waals surface area contributed by atoms with Crippen LogP contribution in [0.1, 0.15) is 22.8 Å². The van der Waals surface area contributed by atoms with E-state index in [1.807, 2.05) is 60.7 Å². The van der Waals surface area contributed by atoms with Crippen LogP contribution in [-0.4, -0.2) is 11.8 Å². The highest BCUT2D eigenvalue weighted by atomic mass is 16.5. The number of hydrogen-bond donors (Lipinski definition) is 0. The Balaban J connectivity index is 1.81. The first-order chi connectivity index (χ1) is 12.1. The summed E-state index contributed by atoms with van der Waals surface area (Å²) in [5.74, 6) is 0.229. The Labute approximate surface area is 146 Å². The van der Waals surface area contributed by atoms with Gasteiger partial charge >= 0.3 is 5.97 Å². The van der Waals surface area contributed by atoms with Crippen molar-refractivity contribution in [1.82, 2.24) is 0 Å². The number of carbonyl (C=O) groups is 2. The molecule has 0 saturated carbocycles. The lowest BCUT2D eigenvalue weighted by atomic mass is 10.0. The predicted octanol–water partition coefficient (Wildman–Crippen LogP) is 4.70. The molecule has 0 N–H and O–H groups in total. The molecule has 3 heteroatoms. The molecule has 0 radical (unpaired) electrons. The van der Waals surface area contributed by atoms with Crippen LogP contribution >= 0.6 is 0 Å². The van der Waals surface area contributed by atoms with Gasteiger partial charge in [-0.15, -0.1) is 0 Å². The Morgan fingerprint density at radius 3 is 2.12 bits per heavy atom. The highest BCUT2D eigenvalue weighted by Gasteiger charge is 2.11. The molecule has 0 aliphatic rings. The van der Waals surface area contributed by atoms with E-state index in [0.717, 1.165) is 16.7 Å². The topological polar surface area (TPSA) is 43.4 Å². The molecular weight excluding hydrogens is 312 g/mol. The molecular formula is C22H18O3. The van der Waals surface area contributed by atoms with E-state index in [9.17, 15) is 9.59 Å². The van der Waals surface area contributed by atoms with Gasteiger partial charge in [0.05, 0.1) is 6.42 Å². The van der Waals surface area contributed by atoms with Crippen molar-refractivity contribution in [1.29, 1.82) is 0 Å². The summed E-state index contributed by atoms with van der Waals surface area (Å²) in [5, 5.41) is 0. The molecule has 3 nitrogen and oxygen atoms in total. The fourth-order valence-electron chi connectivity index (χ4n) is 2.60. The average Bonchev–Trinajstić information content (AvgIpc) is 2.63. The number of para-hydroxylation sites is 1. The summed E-state index contributed by atoms with van der Waals surface area (Å²) in [6.07, 6.45) is 0.221. The van der Waals surface area contributed by atoms with Crippen LogP contribution in [0.5, 0.6) is 5.75 Å². The van der Waals surface area contributed by atoms with Gasteiger partial charge in [0.25, 0.3) is 0 Å². The zero-order chi connectivity index (χ0) is 17.6. The number of Topliss-reactive ketones (excluding diaryl/α,β-unsaturated/α-hetero) is 1. The highest BCUT2D eigenvalue weighted by molar-refractivity contribution is 5.94. The molecule has 0 spiro atoms. The van der Waals surface area contributed by atoms with E-state index in [0.29, 0.717) is 11.3 Å². The lowest BCUT2D eigenvalue weighted by Crippen LogP contribution is -2.11. The van der Waals surface area contributed by atoms with Gasteiger partial charge < -0.3 is 4.74 Å². The standard InChI is InChI=1S/C22H18O3/c1-16(23)18-11-13-19(14-12-18)20-9-5-6-10-21(20)25-22(24)15-17-7-3-2-4-8-17/h2-14H,15H2,1H3. The second-order valence-electron chi connectivity index (χ2n) is 5.77. The molecule has 0 saturated heterocycles. The molecule has 0 aromatic heterocycles. The van der Waals surface area contributed by atoms with Crippen LogP contribution in [0, 0.1) is 0 Å². The third-order valence-electron chi connectivity index (χ3n) is 3.90. The predicted molar refractivity (Wildman–Crippen MR) is 97.7 cm³/mol. The first kappa shape index (κ1) is 16.7. The van der Waals surface area contributed by atoms with Crippen molar-refractivity contribution in [2.75, 3.05) is 0 Å². The number of ketones is 1. The maximum atomic E-state index is 12.2. The Bertz CT molecular complexity index is 881.